The highest BCUT2D eigenvalue weighted by atomic mass is 16.5. The Morgan fingerprint density at radius 1 is 1.39 bits per heavy atom. The molecule has 0 amide bonds. The van der Waals surface area contributed by atoms with E-state index in [1.807, 2.05) is 0 Å². The Kier molecular flexibility index (Phi) is 2.99. The van der Waals surface area contributed by atoms with Gasteiger partial charge in [-0.05, 0) is 19.9 Å². The first-order valence-corrected chi connectivity index (χ1v) is 5.39. The molecule has 18 heavy (non-hydrogen) atoms. The third kappa shape index (κ3) is 2.09. The van der Waals surface area contributed by atoms with E-state index in [0.29, 0.717) is 11.4 Å². The van der Waals surface area contributed by atoms with Crippen molar-refractivity contribution in [2.75, 3.05) is 7.11 Å². The summed E-state index contributed by atoms with van der Waals surface area (Å²) in [4.78, 5) is 19.8. The maximum atomic E-state index is 11.7. The Morgan fingerprint density at radius 2 is 2.11 bits per heavy atom. The van der Waals surface area contributed by atoms with Gasteiger partial charge >= 0.3 is 5.97 Å². The number of nitrogens with zero attached hydrogens (tertiary/aromatic N) is 4. The maximum Gasteiger partial charge on any atom is 0.359 e. The summed E-state index contributed by atoms with van der Waals surface area (Å²) in [7, 11) is 1.28. The molecule has 0 aliphatic carbocycles. The van der Waals surface area contributed by atoms with Crippen LogP contribution >= 0.6 is 0 Å². The predicted molar refractivity (Wildman–Crippen MR) is 65.0 cm³/mol. The van der Waals surface area contributed by atoms with Crippen molar-refractivity contribution in [3.05, 3.63) is 30.4 Å². The molecule has 2 rings (SSSR count). The van der Waals surface area contributed by atoms with Crippen molar-refractivity contribution < 1.29 is 10.9 Å². The van der Waals surface area contributed by atoms with Crippen LogP contribution in [0.4, 0.5) is 0 Å². The van der Waals surface area contributed by atoms with Crippen LogP contribution in [0, 0.1) is 0 Å². The van der Waals surface area contributed by atoms with E-state index >= 15 is 0 Å². The lowest BCUT2D eigenvalue weighted by Crippen LogP contribution is -2.11. The van der Waals surface area contributed by atoms with E-state index < -0.39 is 12.0 Å². The maximum absolute atomic E-state index is 11.7. The minimum absolute atomic E-state index is 0.107. The number of carbonyl (C=O) groups is 1. The molecule has 2 aromatic rings. The zero-order valence-corrected chi connectivity index (χ0v) is 10.4. The van der Waals surface area contributed by atoms with Gasteiger partial charge in [-0.3, -0.25) is 9.67 Å². The van der Waals surface area contributed by atoms with Crippen molar-refractivity contribution in [2.24, 2.45) is 0 Å². The fraction of sp³-hybridized carbons (Fsp3) is 0.333. The molecular formula is C12H14N4O2. The van der Waals surface area contributed by atoms with E-state index in [1.165, 1.54) is 24.2 Å². The van der Waals surface area contributed by atoms with Gasteiger partial charge in [0.1, 0.15) is 5.69 Å². The van der Waals surface area contributed by atoms with Crippen LogP contribution in [0.5, 0.6) is 0 Å². The largest absolute Gasteiger partial charge is 0.464 e. The summed E-state index contributed by atoms with van der Waals surface area (Å²) in [6, 6.07) is 0.719. The fourth-order valence-corrected chi connectivity index (χ4v) is 1.61. The smallest absolute Gasteiger partial charge is 0.359 e. The van der Waals surface area contributed by atoms with Crippen LogP contribution < -0.4 is 0 Å². The average Bonchev–Trinajstić information content (AvgIpc) is 2.87. The second-order valence-electron chi connectivity index (χ2n) is 3.82. The third-order valence-corrected chi connectivity index (χ3v) is 2.39. The quantitative estimate of drug-likeness (QED) is 0.772. The van der Waals surface area contributed by atoms with Gasteiger partial charge in [0.2, 0.25) is 0 Å². The molecular weight excluding hydrogens is 232 g/mol. The zero-order chi connectivity index (χ0) is 14.0. The van der Waals surface area contributed by atoms with Gasteiger partial charge in [0, 0.05) is 24.6 Å². The van der Waals surface area contributed by atoms with Crippen LogP contribution in [0.1, 0.15) is 31.7 Å². The summed E-state index contributed by atoms with van der Waals surface area (Å²) >= 11 is 0. The molecule has 0 unspecified atom stereocenters. The molecule has 0 aliphatic rings. The molecule has 6 nitrogen and oxygen atoms in total. The number of rotatable bonds is 3. The Balaban J connectivity index is 2.61. The second kappa shape index (κ2) is 4.95. The number of methoxy groups -OCH3 is 1. The van der Waals surface area contributed by atoms with Crippen molar-refractivity contribution in [1.82, 2.24) is 19.7 Å². The monoisotopic (exact) mass is 247 g/mol. The molecule has 0 saturated heterocycles. The summed E-state index contributed by atoms with van der Waals surface area (Å²) in [6.45, 7) is 3.38. The third-order valence-electron chi connectivity index (χ3n) is 2.39. The fourth-order valence-electron chi connectivity index (χ4n) is 1.61. The Bertz CT molecular complexity index is 604. The molecule has 0 spiro atoms. The lowest BCUT2D eigenvalue weighted by Gasteiger charge is -2.11. The van der Waals surface area contributed by atoms with Gasteiger partial charge in [0.15, 0.2) is 5.69 Å². The molecule has 0 saturated carbocycles. The SMILES string of the molecule is [2H]C(C)(C)n1nccc1-c1nccnc1C(=O)OC. The molecule has 0 aromatic carbocycles. The van der Waals surface area contributed by atoms with Crippen molar-refractivity contribution >= 4 is 5.97 Å². The standard InChI is InChI=1S/C12H14N4O2/c1-8(2)16-9(4-5-15-16)10-11(12(17)18-3)14-7-6-13-10/h4-8H,1-3H3/i8D. The minimum atomic E-state index is -0.969. The molecule has 0 N–H and O–H groups in total. The number of hydrogen-bond donors (Lipinski definition) is 0. The van der Waals surface area contributed by atoms with Gasteiger partial charge in [-0.25, -0.2) is 9.78 Å². The topological polar surface area (TPSA) is 69.9 Å². The van der Waals surface area contributed by atoms with Gasteiger partial charge in [-0.1, -0.05) is 0 Å². The van der Waals surface area contributed by atoms with E-state index in [4.69, 9.17) is 1.37 Å². The number of aromatic nitrogens is 4. The van der Waals surface area contributed by atoms with E-state index in [2.05, 4.69) is 19.8 Å². The van der Waals surface area contributed by atoms with Gasteiger partial charge < -0.3 is 4.74 Å². The van der Waals surface area contributed by atoms with Gasteiger partial charge in [0.05, 0.1) is 14.2 Å². The predicted octanol–water partition coefficient (Wildman–Crippen LogP) is 1.71. The first-order valence-electron chi connectivity index (χ1n) is 5.89. The summed E-state index contributed by atoms with van der Waals surface area (Å²) in [5, 5.41) is 4.10. The summed E-state index contributed by atoms with van der Waals surface area (Å²) < 4.78 is 14.2. The highest BCUT2D eigenvalue weighted by Crippen LogP contribution is 2.22. The summed E-state index contributed by atoms with van der Waals surface area (Å²) in [5.41, 5.74) is 1.01. The van der Waals surface area contributed by atoms with Crippen molar-refractivity contribution in [1.29, 1.82) is 0 Å². The normalized spacial score (nSPS) is 12.1. The van der Waals surface area contributed by atoms with Crippen LogP contribution in [-0.4, -0.2) is 32.8 Å². The van der Waals surface area contributed by atoms with Crippen LogP contribution in [0.15, 0.2) is 24.7 Å². The van der Waals surface area contributed by atoms with Crippen LogP contribution in [0.25, 0.3) is 11.4 Å². The molecule has 0 atom stereocenters. The van der Waals surface area contributed by atoms with Gasteiger partial charge in [0.25, 0.3) is 0 Å². The lowest BCUT2D eigenvalue weighted by molar-refractivity contribution is 0.0594. The number of ether oxygens (including phenoxy) is 1. The lowest BCUT2D eigenvalue weighted by atomic mass is 10.2. The van der Waals surface area contributed by atoms with E-state index in [1.54, 1.807) is 26.1 Å². The molecule has 2 heterocycles. The van der Waals surface area contributed by atoms with Crippen LogP contribution in [0.3, 0.4) is 0 Å². The second-order valence-corrected chi connectivity index (χ2v) is 3.82. The van der Waals surface area contributed by atoms with Crippen molar-refractivity contribution in [3.63, 3.8) is 0 Å². The van der Waals surface area contributed by atoms with E-state index in [-0.39, 0.29) is 5.69 Å². The van der Waals surface area contributed by atoms with Crippen molar-refractivity contribution in [2.45, 2.75) is 19.9 Å². The average molecular weight is 247 g/mol. The summed E-state index contributed by atoms with van der Waals surface area (Å²) in [5.74, 6) is -0.571. The van der Waals surface area contributed by atoms with Gasteiger partial charge in [-0.15, -0.1) is 0 Å². The molecule has 94 valence electrons. The van der Waals surface area contributed by atoms with E-state index in [0.717, 1.165) is 0 Å². The number of carbonyl (C=O) groups excluding carboxylic acids is 1. The van der Waals surface area contributed by atoms with E-state index in [9.17, 15) is 4.79 Å². The first-order chi connectivity index (χ1) is 8.95. The summed E-state index contributed by atoms with van der Waals surface area (Å²) in [6.07, 6.45) is 4.46. The van der Waals surface area contributed by atoms with Crippen LogP contribution in [-0.2, 0) is 4.74 Å². The first kappa shape index (κ1) is 10.9. The van der Waals surface area contributed by atoms with Gasteiger partial charge in [-0.2, -0.15) is 5.10 Å². The molecule has 0 aliphatic heterocycles. The molecule has 0 bridgehead atoms. The van der Waals surface area contributed by atoms with Crippen molar-refractivity contribution in [3.8, 4) is 11.4 Å². The number of esters is 1. The highest BCUT2D eigenvalue weighted by Gasteiger charge is 2.19. The van der Waals surface area contributed by atoms with Crippen LogP contribution in [0.2, 0.25) is 0 Å². The Morgan fingerprint density at radius 3 is 2.78 bits per heavy atom. The number of hydrogen-bond acceptors (Lipinski definition) is 5. The molecule has 6 heteroatoms. The Hall–Kier alpha value is -2.24. The molecule has 0 fully saturated rings. The Labute approximate surface area is 106 Å². The minimum Gasteiger partial charge on any atom is -0.464 e. The highest BCUT2D eigenvalue weighted by molar-refractivity contribution is 5.93. The zero-order valence-electron chi connectivity index (χ0n) is 11.4. The molecule has 2 aromatic heterocycles. The molecule has 0 radical (unpaired) electrons.